The van der Waals surface area contributed by atoms with Crippen LogP contribution in [0.3, 0.4) is 0 Å². The van der Waals surface area contributed by atoms with E-state index in [2.05, 4.69) is 5.32 Å². The van der Waals surface area contributed by atoms with Crippen molar-refractivity contribution in [1.82, 2.24) is 4.90 Å². The zero-order chi connectivity index (χ0) is 19.8. The third-order valence-corrected chi connectivity index (χ3v) is 4.42. The molecule has 1 fully saturated rings. The van der Waals surface area contributed by atoms with E-state index < -0.39 is 48.0 Å². The summed E-state index contributed by atoms with van der Waals surface area (Å²) >= 11 is 0. The number of nitrogens with zero attached hydrogens (tertiary/aromatic N) is 2. The van der Waals surface area contributed by atoms with Crippen LogP contribution in [0, 0.1) is 35.8 Å². The molecule has 2 amide bonds. The van der Waals surface area contributed by atoms with E-state index in [1.165, 1.54) is 19.1 Å². The minimum absolute atomic E-state index is 0.117. The number of anilines is 1. The maximum Gasteiger partial charge on any atom is 0.394 e. The van der Waals surface area contributed by atoms with Gasteiger partial charge in [-0.1, -0.05) is 6.07 Å². The van der Waals surface area contributed by atoms with E-state index in [0.29, 0.717) is 5.56 Å². The minimum atomic E-state index is -4.75. The van der Waals surface area contributed by atoms with E-state index in [1.807, 2.05) is 0 Å². The third-order valence-electron chi connectivity index (χ3n) is 4.42. The number of aryl methyl sites for hydroxylation is 1. The summed E-state index contributed by atoms with van der Waals surface area (Å²) in [7, 11) is 0. The van der Waals surface area contributed by atoms with E-state index in [9.17, 15) is 32.9 Å². The summed E-state index contributed by atoms with van der Waals surface area (Å²) in [5, 5.41) is 22.3. The second-order valence-electron chi connectivity index (χ2n) is 6.09. The zero-order valence-corrected chi connectivity index (χ0v) is 13.8. The molecule has 2 N–H and O–H groups in total. The lowest BCUT2D eigenvalue weighted by Gasteiger charge is -2.20. The molecule has 26 heavy (non-hydrogen) atoms. The van der Waals surface area contributed by atoms with E-state index in [4.69, 9.17) is 5.11 Å². The van der Waals surface area contributed by atoms with Gasteiger partial charge in [-0.25, -0.2) is 4.79 Å². The van der Waals surface area contributed by atoms with Gasteiger partial charge in [-0.2, -0.15) is 13.2 Å². The lowest BCUT2D eigenvalue weighted by Crippen LogP contribution is -2.35. The molecule has 2 rings (SSSR count). The molecule has 0 aromatic heterocycles. The SMILES string of the molecule is Cc1ccc([N+](=O)[O-])c(C)c1NC(=O)N1C[C@@H](C(F)(F)F)[C@H](C(=O)O)C1. The van der Waals surface area contributed by atoms with Crippen molar-refractivity contribution in [3.05, 3.63) is 33.4 Å². The zero-order valence-electron chi connectivity index (χ0n) is 13.8. The molecule has 0 bridgehead atoms. The van der Waals surface area contributed by atoms with Gasteiger partial charge < -0.3 is 15.3 Å². The monoisotopic (exact) mass is 375 g/mol. The molecule has 1 aliphatic rings. The number of nitro benzene ring substituents is 1. The largest absolute Gasteiger partial charge is 0.481 e. The number of carboxylic acid groups (broad SMARTS) is 1. The van der Waals surface area contributed by atoms with Crippen LogP contribution in [-0.2, 0) is 4.79 Å². The second kappa shape index (κ2) is 6.81. The standard InChI is InChI=1S/C15H16F3N3O5/c1-7-3-4-11(21(25)26)8(2)12(7)19-14(24)20-5-9(13(22)23)10(6-20)15(16,17)18/h3-4,9-10H,5-6H2,1-2H3,(H,19,24)(H,22,23)/t9-,10-/m1/s1. The van der Waals surface area contributed by atoms with Gasteiger partial charge in [0.05, 0.1) is 28.0 Å². The summed E-state index contributed by atoms with van der Waals surface area (Å²) in [4.78, 5) is 34.5. The maximum absolute atomic E-state index is 13.0. The molecule has 11 heteroatoms. The molecule has 0 aliphatic carbocycles. The Morgan fingerprint density at radius 2 is 1.92 bits per heavy atom. The topological polar surface area (TPSA) is 113 Å². The smallest absolute Gasteiger partial charge is 0.394 e. The van der Waals surface area contributed by atoms with Crippen LogP contribution < -0.4 is 5.32 Å². The summed E-state index contributed by atoms with van der Waals surface area (Å²) in [6.45, 7) is 1.59. The second-order valence-corrected chi connectivity index (χ2v) is 6.09. The molecule has 1 saturated heterocycles. The molecule has 1 aliphatic heterocycles. The predicted octanol–water partition coefficient (Wildman–Crippen LogP) is 2.94. The van der Waals surface area contributed by atoms with Crippen molar-refractivity contribution in [3.63, 3.8) is 0 Å². The number of hydrogen-bond donors (Lipinski definition) is 2. The molecule has 0 unspecified atom stereocenters. The first-order valence-corrected chi connectivity index (χ1v) is 7.53. The first-order valence-electron chi connectivity index (χ1n) is 7.53. The van der Waals surface area contributed by atoms with Crippen LogP contribution in [0.15, 0.2) is 12.1 Å². The number of urea groups is 1. The fourth-order valence-electron chi connectivity index (χ4n) is 2.96. The Bertz CT molecular complexity index is 766. The number of rotatable bonds is 3. The Morgan fingerprint density at radius 1 is 1.31 bits per heavy atom. The predicted molar refractivity (Wildman–Crippen MR) is 83.8 cm³/mol. The number of carboxylic acids is 1. The summed E-state index contributed by atoms with van der Waals surface area (Å²) in [6, 6.07) is 1.73. The van der Waals surface area contributed by atoms with E-state index in [0.717, 1.165) is 4.90 Å². The van der Waals surface area contributed by atoms with Crippen LogP contribution in [0.1, 0.15) is 11.1 Å². The van der Waals surface area contributed by atoms with E-state index >= 15 is 0 Å². The van der Waals surface area contributed by atoms with Crippen molar-refractivity contribution in [2.75, 3.05) is 18.4 Å². The molecule has 2 atom stereocenters. The average Bonchev–Trinajstić information content (AvgIpc) is 2.96. The fourth-order valence-corrected chi connectivity index (χ4v) is 2.96. The summed E-state index contributed by atoms with van der Waals surface area (Å²) < 4.78 is 39.0. The Hall–Kier alpha value is -2.85. The Morgan fingerprint density at radius 3 is 2.38 bits per heavy atom. The number of alkyl halides is 3. The number of carbonyl (C=O) groups is 2. The van der Waals surface area contributed by atoms with Gasteiger partial charge in [0.15, 0.2) is 0 Å². The minimum Gasteiger partial charge on any atom is -0.481 e. The van der Waals surface area contributed by atoms with Gasteiger partial charge in [0, 0.05) is 19.2 Å². The van der Waals surface area contributed by atoms with E-state index in [1.54, 1.807) is 6.92 Å². The normalized spacial score (nSPS) is 20.1. The molecule has 0 radical (unpaired) electrons. The number of nitrogens with one attached hydrogen (secondary N) is 1. The van der Waals surface area contributed by atoms with Gasteiger partial charge in [-0.3, -0.25) is 14.9 Å². The maximum atomic E-state index is 13.0. The van der Waals surface area contributed by atoms with Crippen LogP contribution >= 0.6 is 0 Å². The van der Waals surface area contributed by atoms with Gasteiger partial charge in [-0.05, 0) is 19.4 Å². The number of hydrogen-bond acceptors (Lipinski definition) is 4. The highest BCUT2D eigenvalue weighted by atomic mass is 19.4. The van der Waals surface area contributed by atoms with Crippen LogP contribution in [0.4, 0.5) is 29.3 Å². The average molecular weight is 375 g/mol. The molecule has 0 spiro atoms. The summed E-state index contributed by atoms with van der Waals surface area (Å²) in [5.74, 6) is -5.56. The van der Waals surface area contributed by atoms with Crippen molar-refractivity contribution in [2.45, 2.75) is 20.0 Å². The number of nitro groups is 1. The highest BCUT2D eigenvalue weighted by Gasteiger charge is 2.53. The van der Waals surface area contributed by atoms with Crippen molar-refractivity contribution in [2.24, 2.45) is 11.8 Å². The lowest BCUT2D eigenvalue weighted by molar-refractivity contribution is -0.385. The first-order chi connectivity index (χ1) is 11.9. The van der Waals surface area contributed by atoms with Crippen LogP contribution in [-0.4, -0.2) is 46.2 Å². The van der Waals surface area contributed by atoms with Crippen LogP contribution in [0.2, 0.25) is 0 Å². The Kier molecular flexibility index (Phi) is 5.10. The van der Waals surface area contributed by atoms with Gasteiger partial charge in [-0.15, -0.1) is 0 Å². The number of carbonyl (C=O) groups excluding carboxylic acids is 1. The Labute approximate surface area is 145 Å². The highest BCUT2D eigenvalue weighted by molar-refractivity contribution is 5.92. The number of likely N-dealkylation sites (tertiary alicyclic amines) is 1. The first kappa shape index (κ1) is 19.5. The number of amides is 2. The van der Waals surface area contributed by atoms with Crippen molar-refractivity contribution in [3.8, 4) is 0 Å². The fraction of sp³-hybridized carbons (Fsp3) is 0.467. The molecule has 0 saturated carbocycles. The van der Waals surface area contributed by atoms with Crippen molar-refractivity contribution >= 4 is 23.4 Å². The molecule has 8 nitrogen and oxygen atoms in total. The molecule has 1 aromatic carbocycles. The molecule has 1 aromatic rings. The van der Waals surface area contributed by atoms with Gasteiger partial charge >= 0.3 is 18.2 Å². The van der Waals surface area contributed by atoms with Gasteiger partial charge in [0.25, 0.3) is 5.69 Å². The molecule has 142 valence electrons. The van der Waals surface area contributed by atoms with Crippen molar-refractivity contribution < 1.29 is 32.8 Å². The van der Waals surface area contributed by atoms with Gasteiger partial charge in [0.1, 0.15) is 0 Å². The molecule has 1 heterocycles. The quantitative estimate of drug-likeness (QED) is 0.623. The van der Waals surface area contributed by atoms with Crippen LogP contribution in [0.5, 0.6) is 0 Å². The van der Waals surface area contributed by atoms with Crippen LogP contribution in [0.25, 0.3) is 0 Å². The highest BCUT2D eigenvalue weighted by Crippen LogP contribution is 2.38. The lowest BCUT2D eigenvalue weighted by atomic mass is 9.96. The number of aliphatic carboxylic acids is 1. The summed E-state index contributed by atoms with van der Waals surface area (Å²) in [5.41, 5.74) is 0.517. The van der Waals surface area contributed by atoms with Crippen molar-refractivity contribution in [1.29, 1.82) is 0 Å². The summed E-state index contributed by atoms with van der Waals surface area (Å²) in [6.07, 6.45) is -4.75. The van der Waals surface area contributed by atoms with Gasteiger partial charge in [0.2, 0.25) is 0 Å². The Balaban J connectivity index is 2.25. The third kappa shape index (κ3) is 3.70. The van der Waals surface area contributed by atoms with E-state index in [-0.39, 0.29) is 16.9 Å². The molecular formula is C15H16F3N3O5. The number of halogens is 3. The number of benzene rings is 1. The molecular weight excluding hydrogens is 359 g/mol.